The maximum absolute atomic E-state index is 10.9. The maximum Gasteiger partial charge on any atom is 0.330 e. The van der Waals surface area contributed by atoms with Crippen LogP contribution < -0.4 is 0 Å². The Morgan fingerprint density at radius 1 is 1.23 bits per heavy atom. The Hall–Kier alpha value is -1.10. The van der Waals surface area contributed by atoms with Gasteiger partial charge < -0.3 is 9.16 Å². The second-order valence-electron chi connectivity index (χ2n) is 2.55. The highest BCUT2D eigenvalue weighted by atomic mass is 28.2. The summed E-state index contributed by atoms with van der Waals surface area (Å²) >= 11 is 0. The predicted molar refractivity (Wildman–Crippen MR) is 48.1 cm³/mol. The fourth-order valence-electron chi connectivity index (χ4n) is 0.414. The van der Waals surface area contributed by atoms with Crippen LogP contribution in [0.4, 0.5) is 0 Å². The minimum absolute atomic E-state index is 0.120. The summed E-state index contributed by atoms with van der Waals surface area (Å²) in [5, 5.41) is 0. The number of hydrogen-bond acceptors (Lipinski definition) is 4. The van der Waals surface area contributed by atoms with Gasteiger partial charge in [-0.25, -0.2) is 9.59 Å². The zero-order chi connectivity index (χ0) is 10.3. The molecule has 0 atom stereocenters. The summed E-state index contributed by atoms with van der Waals surface area (Å²) in [6.07, 6.45) is 2.09. The van der Waals surface area contributed by atoms with Gasteiger partial charge in [0.1, 0.15) is 0 Å². The Morgan fingerprint density at radius 3 is 2.23 bits per heavy atom. The van der Waals surface area contributed by atoms with E-state index in [1.807, 2.05) is 13.8 Å². The summed E-state index contributed by atoms with van der Waals surface area (Å²) < 4.78 is 9.09. The number of hydrogen-bond donors (Lipinski definition) is 0. The molecule has 0 amide bonds. The van der Waals surface area contributed by atoms with Crippen LogP contribution in [0.5, 0.6) is 0 Å². The molecule has 0 rings (SSSR count). The Morgan fingerprint density at radius 2 is 1.77 bits per heavy atom. The van der Waals surface area contributed by atoms with Gasteiger partial charge in [0.05, 0.1) is 7.11 Å². The topological polar surface area (TPSA) is 52.6 Å². The maximum atomic E-state index is 10.9. The third kappa shape index (κ3) is 7.26. The van der Waals surface area contributed by atoms with Crippen LogP contribution in [0, 0.1) is 0 Å². The Balaban J connectivity index is 3.74. The molecule has 72 valence electrons. The first kappa shape index (κ1) is 11.9. The van der Waals surface area contributed by atoms with Gasteiger partial charge in [-0.15, -0.1) is 0 Å². The molecule has 2 radical (unpaired) electrons. The molecule has 0 fully saturated rings. The van der Waals surface area contributed by atoms with Gasteiger partial charge in [0.25, 0.3) is 0 Å². The van der Waals surface area contributed by atoms with E-state index in [0.29, 0.717) is 5.54 Å². The molecule has 0 saturated carbocycles. The van der Waals surface area contributed by atoms with Crippen molar-refractivity contribution in [2.24, 2.45) is 0 Å². The van der Waals surface area contributed by atoms with E-state index in [-0.39, 0.29) is 9.76 Å². The number of carbonyl (C=O) groups is 2. The Bertz CT molecular complexity index is 210. The van der Waals surface area contributed by atoms with Crippen LogP contribution in [0.1, 0.15) is 13.8 Å². The summed E-state index contributed by atoms with van der Waals surface area (Å²) in [6, 6.07) is 0. The summed E-state index contributed by atoms with van der Waals surface area (Å²) in [7, 11) is 1.36. The molecule has 0 aliphatic carbocycles. The van der Waals surface area contributed by atoms with Crippen LogP contribution in [-0.4, -0.2) is 28.8 Å². The van der Waals surface area contributed by atoms with Crippen molar-refractivity contribution in [1.82, 2.24) is 0 Å². The van der Waals surface area contributed by atoms with Crippen LogP contribution in [0.2, 0.25) is 5.54 Å². The van der Waals surface area contributed by atoms with Gasteiger partial charge in [0, 0.05) is 12.2 Å². The van der Waals surface area contributed by atoms with Crippen LogP contribution in [0.25, 0.3) is 0 Å². The molecule has 0 spiro atoms. The van der Waals surface area contributed by atoms with Crippen LogP contribution in [0.3, 0.4) is 0 Å². The smallest absolute Gasteiger partial charge is 0.330 e. The van der Waals surface area contributed by atoms with E-state index in [1.54, 1.807) is 0 Å². The molecule has 0 unspecified atom stereocenters. The van der Waals surface area contributed by atoms with Gasteiger partial charge in [0.2, 0.25) is 0 Å². The van der Waals surface area contributed by atoms with Crippen molar-refractivity contribution in [2.75, 3.05) is 7.11 Å². The van der Waals surface area contributed by atoms with Crippen molar-refractivity contribution in [3.05, 3.63) is 12.2 Å². The largest absolute Gasteiger partial charge is 0.513 e. The molecule has 0 aliphatic heterocycles. The van der Waals surface area contributed by atoms with E-state index in [9.17, 15) is 9.59 Å². The van der Waals surface area contributed by atoms with Gasteiger partial charge in [0.15, 0.2) is 0 Å². The molecular formula is C8H12O4Si. The zero-order valence-corrected chi connectivity index (χ0v) is 8.87. The fourth-order valence-corrected chi connectivity index (χ4v) is 0.834. The molecule has 5 heteroatoms. The molecule has 13 heavy (non-hydrogen) atoms. The number of ether oxygens (including phenoxy) is 1. The summed E-state index contributed by atoms with van der Waals surface area (Å²) in [5.41, 5.74) is 0.315. The number of rotatable bonds is 4. The molecule has 0 saturated heterocycles. The summed E-state index contributed by atoms with van der Waals surface area (Å²) in [6.45, 7) is 3.88. The molecular weight excluding hydrogens is 188 g/mol. The van der Waals surface area contributed by atoms with Crippen LogP contribution >= 0.6 is 0 Å². The normalized spacial score (nSPS) is 10.5. The third-order valence-corrected chi connectivity index (χ3v) is 1.74. The summed E-state index contributed by atoms with van der Waals surface area (Å²) in [4.78, 5) is 21.4. The number of esters is 1. The fraction of sp³-hybridized carbons (Fsp3) is 0.500. The van der Waals surface area contributed by atoms with Gasteiger partial charge in [-0.2, -0.15) is 0 Å². The second-order valence-corrected chi connectivity index (χ2v) is 4.14. The van der Waals surface area contributed by atoms with E-state index in [2.05, 4.69) is 4.74 Å². The minimum atomic E-state index is -0.565. The lowest BCUT2D eigenvalue weighted by Gasteiger charge is -2.00. The Kier molecular flexibility index (Phi) is 5.87. The quantitative estimate of drug-likeness (QED) is 0.381. The van der Waals surface area contributed by atoms with Crippen molar-refractivity contribution in [2.45, 2.75) is 19.4 Å². The summed E-state index contributed by atoms with van der Waals surface area (Å²) in [5.74, 6) is -1.08. The lowest BCUT2D eigenvalue weighted by atomic mass is 10.5. The SMILES string of the molecule is COC(=O)/C=C\C(=O)O[Si]C(C)C. The Labute approximate surface area is 79.9 Å². The second kappa shape index (κ2) is 6.42. The number of methoxy groups -OCH3 is 1. The van der Waals surface area contributed by atoms with Crippen molar-refractivity contribution in [3.63, 3.8) is 0 Å². The minimum Gasteiger partial charge on any atom is -0.513 e. The van der Waals surface area contributed by atoms with Gasteiger partial charge in [-0.1, -0.05) is 13.8 Å². The lowest BCUT2D eigenvalue weighted by molar-refractivity contribution is -0.135. The average Bonchev–Trinajstić information content (AvgIpc) is 2.10. The molecule has 0 bridgehead atoms. The van der Waals surface area contributed by atoms with E-state index in [0.717, 1.165) is 12.2 Å². The molecule has 0 aromatic heterocycles. The van der Waals surface area contributed by atoms with Crippen molar-refractivity contribution in [1.29, 1.82) is 0 Å². The van der Waals surface area contributed by atoms with E-state index >= 15 is 0 Å². The molecule has 0 aromatic carbocycles. The third-order valence-electron chi connectivity index (χ3n) is 0.952. The predicted octanol–water partition coefficient (Wildman–Crippen LogP) is 0.706. The zero-order valence-electron chi connectivity index (χ0n) is 7.87. The van der Waals surface area contributed by atoms with Crippen molar-refractivity contribution < 1.29 is 18.8 Å². The molecule has 0 aromatic rings. The van der Waals surface area contributed by atoms with Gasteiger partial charge >= 0.3 is 21.7 Å². The van der Waals surface area contributed by atoms with E-state index < -0.39 is 11.9 Å². The first-order chi connectivity index (χ1) is 6.06. The van der Waals surface area contributed by atoms with Gasteiger partial charge in [-0.05, 0) is 5.54 Å². The molecule has 0 aliphatic rings. The van der Waals surface area contributed by atoms with Crippen LogP contribution in [0.15, 0.2) is 12.2 Å². The highest BCUT2D eigenvalue weighted by molar-refractivity contribution is 6.32. The van der Waals surface area contributed by atoms with Crippen molar-refractivity contribution in [3.8, 4) is 0 Å². The number of carbonyl (C=O) groups excluding carboxylic acids is 2. The molecule has 0 N–H and O–H groups in total. The van der Waals surface area contributed by atoms with E-state index in [1.165, 1.54) is 7.11 Å². The standard InChI is InChI=1S/C8H12O4Si/c1-6(2)13-12-8(10)5-4-7(9)11-3/h4-6H,1-3H3/b5-4-. The van der Waals surface area contributed by atoms with E-state index in [4.69, 9.17) is 4.43 Å². The van der Waals surface area contributed by atoms with Gasteiger partial charge in [-0.3, -0.25) is 0 Å². The van der Waals surface area contributed by atoms with Crippen LogP contribution in [-0.2, 0) is 18.8 Å². The average molecular weight is 200 g/mol. The monoisotopic (exact) mass is 200 g/mol. The van der Waals surface area contributed by atoms with Crippen molar-refractivity contribution >= 4 is 21.7 Å². The highest BCUT2D eigenvalue weighted by Crippen LogP contribution is 1.97. The first-order valence-electron chi connectivity index (χ1n) is 3.78. The highest BCUT2D eigenvalue weighted by Gasteiger charge is 2.03. The lowest BCUT2D eigenvalue weighted by Crippen LogP contribution is -2.09. The first-order valence-corrected chi connectivity index (χ1v) is 4.77. The molecule has 4 nitrogen and oxygen atoms in total. The molecule has 0 heterocycles.